The van der Waals surface area contributed by atoms with Gasteiger partial charge in [-0.25, -0.2) is 0 Å². The predicted octanol–water partition coefficient (Wildman–Crippen LogP) is -0.575. The summed E-state index contributed by atoms with van der Waals surface area (Å²) in [5.41, 5.74) is 5.38. The van der Waals surface area contributed by atoms with Gasteiger partial charge in [0.1, 0.15) is 0 Å². The van der Waals surface area contributed by atoms with Crippen molar-refractivity contribution in [2.45, 2.75) is 31.7 Å². The molecule has 0 radical (unpaired) electrons. The molecule has 3 N–H and O–H groups in total. The normalized spacial score (nSPS) is 20.7. The molecule has 0 spiro atoms. The van der Waals surface area contributed by atoms with Crippen molar-refractivity contribution < 1.29 is 19.1 Å². The minimum atomic E-state index is -0.0732. The van der Waals surface area contributed by atoms with Gasteiger partial charge in [0.25, 0.3) is 0 Å². The lowest BCUT2D eigenvalue weighted by molar-refractivity contribution is -0.132. The van der Waals surface area contributed by atoms with E-state index < -0.39 is 0 Å². The second-order valence-electron chi connectivity index (χ2n) is 6.57. The van der Waals surface area contributed by atoms with Gasteiger partial charge in [-0.05, 0) is 19.3 Å². The molecule has 9 heteroatoms. The quantitative estimate of drug-likeness (QED) is 0.579. The van der Waals surface area contributed by atoms with Crippen molar-refractivity contribution in [3.05, 3.63) is 0 Å². The molecule has 1 unspecified atom stereocenters. The lowest BCUT2D eigenvalue weighted by Gasteiger charge is -2.36. The standard InChI is InChI=1S/C17H30N4O4S/c18-5-4-15(22)19-11-14-3-1-2-6-21(14)17(24)13-26-12-16(23)20-7-9-25-10-8-20/h14H,1-13,18H2,(H,19,22). The number of rotatable bonds is 8. The van der Waals surface area contributed by atoms with E-state index in [1.165, 1.54) is 11.8 Å². The number of ether oxygens (including phenoxy) is 1. The number of nitrogens with zero attached hydrogens (tertiary/aromatic N) is 2. The molecule has 3 amide bonds. The molecule has 0 aromatic carbocycles. The monoisotopic (exact) mass is 386 g/mol. The Morgan fingerprint density at radius 3 is 2.54 bits per heavy atom. The largest absolute Gasteiger partial charge is 0.378 e. The van der Waals surface area contributed by atoms with Crippen molar-refractivity contribution in [1.29, 1.82) is 0 Å². The van der Waals surface area contributed by atoms with Gasteiger partial charge in [0.2, 0.25) is 17.7 Å². The second-order valence-corrected chi connectivity index (χ2v) is 7.55. The van der Waals surface area contributed by atoms with Crippen molar-refractivity contribution in [3.63, 3.8) is 0 Å². The van der Waals surface area contributed by atoms with E-state index >= 15 is 0 Å². The maximum absolute atomic E-state index is 12.6. The Bertz CT molecular complexity index is 485. The summed E-state index contributed by atoms with van der Waals surface area (Å²) in [6.07, 6.45) is 3.24. The summed E-state index contributed by atoms with van der Waals surface area (Å²) < 4.78 is 5.24. The predicted molar refractivity (Wildman–Crippen MR) is 101 cm³/mol. The van der Waals surface area contributed by atoms with E-state index in [0.29, 0.717) is 63.9 Å². The van der Waals surface area contributed by atoms with Crippen molar-refractivity contribution in [2.75, 3.05) is 57.4 Å². The van der Waals surface area contributed by atoms with Crippen LogP contribution in [0.4, 0.5) is 0 Å². The number of nitrogens with two attached hydrogens (primary N) is 1. The molecule has 148 valence electrons. The fourth-order valence-electron chi connectivity index (χ4n) is 3.20. The summed E-state index contributed by atoms with van der Waals surface area (Å²) in [4.78, 5) is 39.9. The number of thioether (sulfide) groups is 1. The molecule has 2 saturated heterocycles. The minimum absolute atomic E-state index is 0.0357. The van der Waals surface area contributed by atoms with Crippen LogP contribution < -0.4 is 11.1 Å². The fourth-order valence-corrected chi connectivity index (χ4v) is 4.00. The highest BCUT2D eigenvalue weighted by Gasteiger charge is 2.27. The third kappa shape index (κ3) is 6.77. The fraction of sp³-hybridized carbons (Fsp3) is 0.824. The number of morpholine rings is 1. The smallest absolute Gasteiger partial charge is 0.232 e. The van der Waals surface area contributed by atoms with Gasteiger partial charge in [0.05, 0.1) is 24.7 Å². The third-order valence-electron chi connectivity index (χ3n) is 4.67. The zero-order valence-electron chi connectivity index (χ0n) is 15.3. The number of carbonyl (C=O) groups is 3. The molecule has 2 aliphatic heterocycles. The number of likely N-dealkylation sites (tertiary alicyclic amines) is 1. The number of hydrogen-bond donors (Lipinski definition) is 2. The van der Waals surface area contributed by atoms with Gasteiger partial charge >= 0.3 is 0 Å². The van der Waals surface area contributed by atoms with Crippen LogP contribution in [0.1, 0.15) is 25.7 Å². The van der Waals surface area contributed by atoms with Crippen LogP contribution in [0.25, 0.3) is 0 Å². The van der Waals surface area contributed by atoms with Crippen LogP contribution in [0.5, 0.6) is 0 Å². The summed E-state index contributed by atoms with van der Waals surface area (Å²) in [6.45, 7) is 3.94. The summed E-state index contributed by atoms with van der Waals surface area (Å²) in [6, 6.07) is 0.0357. The highest BCUT2D eigenvalue weighted by molar-refractivity contribution is 8.00. The second kappa shape index (κ2) is 11.4. The zero-order chi connectivity index (χ0) is 18.8. The van der Waals surface area contributed by atoms with Gasteiger partial charge in [0, 0.05) is 45.2 Å². The SMILES string of the molecule is NCCC(=O)NCC1CCCCN1C(=O)CSCC(=O)N1CCOCC1. The summed E-state index contributed by atoms with van der Waals surface area (Å²) in [7, 11) is 0. The molecule has 0 bridgehead atoms. The number of hydrogen-bond acceptors (Lipinski definition) is 6. The van der Waals surface area contributed by atoms with Crippen molar-refractivity contribution in [2.24, 2.45) is 5.73 Å². The van der Waals surface area contributed by atoms with Gasteiger partial charge in [-0.3, -0.25) is 14.4 Å². The minimum Gasteiger partial charge on any atom is -0.378 e. The van der Waals surface area contributed by atoms with E-state index in [2.05, 4.69) is 5.32 Å². The first-order valence-electron chi connectivity index (χ1n) is 9.31. The molecule has 1 atom stereocenters. The molecule has 0 aliphatic carbocycles. The van der Waals surface area contributed by atoms with Gasteiger partial charge in [-0.1, -0.05) is 0 Å². The number of nitrogens with one attached hydrogen (secondary N) is 1. The number of piperidine rings is 1. The van der Waals surface area contributed by atoms with Crippen molar-refractivity contribution >= 4 is 29.5 Å². The Hall–Kier alpha value is -1.32. The van der Waals surface area contributed by atoms with Crippen LogP contribution in [-0.2, 0) is 19.1 Å². The molecule has 26 heavy (non-hydrogen) atoms. The molecule has 2 heterocycles. The molecule has 0 aromatic rings. The lowest BCUT2D eigenvalue weighted by Crippen LogP contribution is -2.50. The van der Waals surface area contributed by atoms with Crippen LogP contribution in [0.15, 0.2) is 0 Å². The van der Waals surface area contributed by atoms with E-state index in [1.807, 2.05) is 4.90 Å². The first-order valence-corrected chi connectivity index (χ1v) is 10.5. The highest BCUT2D eigenvalue weighted by Crippen LogP contribution is 2.18. The Morgan fingerprint density at radius 2 is 1.81 bits per heavy atom. The van der Waals surface area contributed by atoms with Gasteiger partial charge < -0.3 is 25.6 Å². The van der Waals surface area contributed by atoms with Gasteiger partial charge in [-0.2, -0.15) is 0 Å². The molecule has 8 nitrogen and oxygen atoms in total. The Kier molecular flexibility index (Phi) is 9.21. The van der Waals surface area contributed by atoms with E-state index in [-0.39, 0.29) is 23.8 Å². The first kappa shape index (κ1) is 21.0. The van der Waals surface area contributed by atoms with E-state index in [0.717, 1.165) is 19.3 Å². The third-order valence-corrected chi connectivity index (χ3v) is 5.57. The average molecular weight is 387 g/mol. The van der Waals surface area contributed by atoms with Gasteiger partial charge in [0.15, 0.2) is 0 Å². The topological polar surface area (TPSA) is 105 Å². The van der Waals surface area contributed by atoms with E-state index in [1.54, 1.807) is 4.90 Å². The molecular weight excluding hydrogens is 356 g/mol. The van der Waals surface area contributed by atoms with Crippen LogP contribution in [0, 0.1) is 0 Å². The van der Waals surface area contributed by atoms with Crippen LogP contribution in [-0.4, -0.2) is 91.0 Å². The first-order chi connectivity index (χ1) is 12.6. The van der Waals surface area contributed by atoms with Crippen LogP contribution in [0.3, 0.4) is 0 Å². The Balaban J connectivity index is 1.72. The molecule has 0 saturated carbocycles. The van der Waals surface area contributed by atoms with Gasteiger partial charge in [-0.15, -0.1) is 11.8 Å². The van der Waals surface area contributed by atoms with Crippen LogP contribution >= 0.6 is 11.8 Å². The maximum Gasteiger partial charge on any atom is 0.232 e. The van der Waals surface area contributed by atoms with Crippen molar-refractivity contribution in [3.8, 4) is 0 Å². The molecule has 2 rings (SSSR count). The summed E-state index contributed by atoms with van der Waals surface area (Å²) in [5.74, 6) is 0.648. The Labute approximate surface area is 159 Å². The number of amides is 3. The zero-order valence-corrected chi connectivity index (χ0v) is 16.1. The summed E-state index contributed by atoms with van der Waals surface area (Å²) in [5, 5.41) is 2.86. The number of carbonyl (C=O) groups excluding carboxylic acids is 3. The maximum atomic E-state index is 12.6. The molecule has 2 aliphatic rings. The van der Waals surface area contributed by atoms with E-state index in [9.17, 15) is 14.4 Å². The molecular formula is C17H30N4O4S. The molecule has 0 aromatic heterocycles. The lowest BCUT2D eigenvalue weighted by atomic mass is 10.0. The average Bonchev–Trinajstić information content (AvgIpc) is 2.67. The van der Waals surface area contributed by atoms with E-state index in [4.69, 9.17) is 10.5 Å². The summed E-state index contributed by atoms with van der Waals surface area (Å²) >= 11 is 1.36. The highest BCUT2D eigenvalue weighted by atomic mass is 32.2. The molecule has 2 fully saturated rings. The Morgan fingerprint density at radius 1 is 1.08 bits per heavy atom. The van der Waals surface area contributed by atoms with Crippen LogP contribution in [0.2, 0.25) is 0 Å². The van der Waals surface area contributed by atoms with Crippen molar-refractivity contribution in [1.82, 2.24) is 15.1 Å².